The van der Waals surface area contributed by atoms with Gasteiger partial charge >= 0.3 is 0 Å². The van der Waals surface area contributed by atoms with Gasteiger partial charge in [0.05, 0.1) is 6.20 Å². The first-order valence-electron chi connectivity index (χ1n) is 5.84. The van der Waals surface area contributed by atoms with Crippen molar-refractivity contribution in [3.05, 3.63) is 18.0 Å². The third kappa shape index (κ3) is 2.86. The predicted octanol–water partition coefficient (Wildman–Crippen LogP) is 3.59. The standard InChI is InChI=1S/C12H22N2/c1-4-7-11(8-5-2)12-9-13-14(6-3)10-12/h9-11H,4-8H2,1-3H3. The quantitative estimate of drug-likeness (QED) is 0.676. The number of hydrogen-bond donors (Lipinski definition) is 0. The van der Waals surface area contributed by atoms with E-state index in [1.165, 1.54) is 31.2 Å². The number of aryl methyl sites for hydroxylation is 1. The molecule has 2 heteroatoms. The highest BCUT2D eigenvalue weighted by atomic mass is 15.3. The second-order valence-electron chi connectivity index (χ2n) is 3.90. The van der Waals surface area contributed by atoms with Crippen molar-refractivity contribution in [2.75, 3.05) is 0 Å². The molecule has 1 aromatic rings. The van der Waals surface area contributed by atoms with E-state index in [0.717, 1.165) is 12.5 Å². The number of rotatable bonds is 6. The molecule has 80 valence electrons. The lowest BCUT2D eigenvalue weighted by atomic mass is 9.93. The molecule has 0 aliphatic heterocycles. The Hall–Kier alpha value is -0.790. The van der Waals surface area contributed by atoms with Crippen LogP contribution in [0.5, 0.6) is 0 Å². The number of aromatic nitrogens is 2. The van der Waals surface area contributed by atoms with Gasteiger partial charge in [-0.1, -0.05) is 26.7 Å². The van der Waals surface area contributed by atoms with Gasteiger partial charge in [0, 0.05) is 12.7 Å². The zero-order chi connectivity index (χ0) is 10.4. The minimum absolute atomic E-state index is 0.727. The number of nitrogens with zero attached hydrogens (tertiary/aromatic N) is 2. The van der Waals surface area contributed by atoms with E-state index in [2.05, 4.69) is 32.1 Å². The van der Waals surface area contributed by atoms with E-state index in [0.29, 0.717) is 0 Å². The van der Waals surface area contributed by atoms with Crippen molar-refractivity contribution in [3.63, 3.8) is 0 Å². The average molecular weight is 194 g/mol. The smallest absolute Gasteiger partial charge is 0.0524 e. The van der Waals surface area contributed by atoms with Crippen molar-refractivity contribution in [1.29, 1.82) is 0 Å². The van der Waals surface area contributed by atoms with Crippen LogP contribution in [0.15, 0.2) is 12.4 Å². The summed E-state index contributed by atoms with van der Waals surface area (Å²) in [6.07, 6.45) is 9.37. The summed E-state index contributed by atoms with van der Waals surface area (Å²) in [4.78, 5) is 0. The van der Waals surface area contributed by atoms with Crippen LogP contribution in [0.4, 0.5) is 0 Å². The molecule has 0 fully saturated rings. The first-order chi connectivity index (χ1) is 6.81. The Labute approximate surface area is 87.3 Å². The van der Waals surface area contributed by atoms with Crippen molar-refractivity contribution in [1.82, 2.24) is 9.78 Å². The summed E-state index contributed by atoms with van der Waals surface area (Å²) in [5, 5.41) is 4.34. The molecule has 1 heterocycles. The van der Waals surface area contributed by atoms with Crippen LogP contribution < -0.4 is 0 Å². The molecule has 0 spiro atoms. The van der Waals surface area contributed by atoms with Crippen LogP contribution in [0.1, 0.15) is 57.9 Å². The van der Waals surface area contributed by atoms with Gasteiger partial charge in [0.1, 0.15) is 0 Å². The van der Waals surface area contributed by atoms with Gasteiger partial charge in [-0.15, -0.1) is 0 Å². The van der Waals surface area contributed by atoms with Crippen LogP contribution in [0.2, 0.25) is 0 Å². The average Bonchev–Trinajstić information content (AvgIpc) is 2.65. The zero-order valence-electron chi connectivity index (χ0n) is 9.66. The largest absolute Gasteiger partial charge is 0.273 e. The molecule has 0 atom stereocenters. The van der Waals surface area contributed by atoms with Crippen molar-refractivity contribution in [2.24, 2.45) is 0 Å². The third-order valence-corrected chi connectivity index (χ3v) is 2.72. The summed E-state index contributed by atoms with van der Waals surface area (Å²) in [5.74, 6) is 0.727. The topological polar surface area (TPSA) is 17.8 Å². The Bertz CT molecular complexity index is 247. The maximum atomic E-state index is 4.34. The fraction of sp³-hybridized carbons (Fsp3) is 0.750. The molecule has 1 rings (SSSR count). The minimum atomic E-state index is 0.727. The van der Waals surface area contributed by atoms with Crippen LogP contribution in [-0.4, -0.2) is 9.78 Å². The predicted molar refractivity (Wildman–Crippen MR) is 60.5 cm³/mol. The molecule has 0 amide bonds. The highest BCUT2D eigenvalue weighted by Gasteiger charge is 2.11. The van der Waals surface area contributed by atoms with E-state index >= 15 is 0 Å². The van der Waals surface area contributed by atoms with Gasteiger partial charge < -0.3 is 0 Å². The molecule has 1 aromatic heterocycles. The SMILES string of the molecule is CCCC(CCC)c1cnn(CC)c1. The fourth-order valence-corrected chi connectivity index (χ4v) is 1.94. The summed E-state index contributed by atoms with van der Waals surface area (Å²) in [7, 11) is 0. The summed E-state index contributed by atoms with van der Waals surface area (Å²) in [6, 6.07) is 0. The number of hydrogen-bond acceptors (Lipinski definition) is 1. The molecule has 0 saturated heterocycles. The Kier molecular flexibility index (Phi) is 4.71. The highest BCUT2D eigenvalue weighted by Crippen LogP contribution is 2.25. The Morgan fingerprint density at radius 1 is 1.21 bits per heavy atom. The molecule has 0 aliphatic carbocycles. The molecular formula is C12H22N2. The normalized spacial score (nSPS) is 11.1. The van der Waals surface area contributed by atoms with Gasteiger partial charge in [0.15, 0.2) is 0 Å². The van der Waals surface area contributed by atoms with E-state index < -0.39 is 0 Å². The second-order valence-corrected chi connectivity index (χ2v) is 3.90. The lowest BCUT2D eigenvalue weighted by Gasteiger charge is -2.12. The zero-order valence-corrected chi connectivity index (χ0v) is 9.66. The van der Waals surface area contributed by atoms with Crippen molar-refractivity contribution in [2.45, 2.75) is 58.9 Å². The minimum Gasteiger partial charge on any atom is -0.273 e. The first-order valence-corrected chi connectivity index (χ1v) is 5.84. The van der Waals surface area contributed by atoms with E-state index in [1.807, 2.05) is 10.9 Å². The lowest BCUT2D eigenvalue weighted by Crippen LogP contribution is -1.97. The van der Waals surface area contributed by atoms with Gasteiger partial charge in [-0.3, -0.25) is 4.68 Å². The van der Waals surface area contributed by atoms with Crippen LogP contribution >= 0.6 is 0 Å². The van der Waals surface area contributed by atoms with Gasteiger partial charge in [0.2, 0.25) is 0 Å². The third-order valence-electron chi connectivity index (χ3n) is 2.72. The Balaban J connectivity index is 2.65. The van der Waals surface area contributed by atoms with Crippen LogP contribution in [0, 0.1) is 0 Å². The summed E-state index contributed by atoms with van der Waals surface area (Å²) < 4.78 is 2.02. The molecular weight excluding hydrogens is 172 g/mol. The molecule has 0 radical (unpaired) electrons. The molecule has 0 N–H and O–H groups in total. The molecule has 0 saturated carbocycles. The second kappa shape index (κ2) is 5.84. The van der Waals surface area contributed by atoms with Crippen LogP contribution in [0.3, 0.4) is 0 Å². The summed E-state index contributed by atoms with van der Waals surface area (Å²) in [5.41, 5.74) is 1.43. The van der Waals surface area contributed by atoms with E-state index in [9.17, 15) is 0 Å². The lowest BCUT2D eigenvalue weighted by molar-refractivity contribution is 0.559. The molecule has 0 unspecified atom stereocenters. The van der Waals surface area contributed by atoms with Gasteiger partial charge in [-0.05, 0) is 31.2 Å². The van der Waals surface area contributed by atoms with Gasteiger partial charge in [0.25, 0.3) is 0 Å². The maximum Gasteiger partial charge on any atom is 0.0524 e. The van der Waals surface area contributed by atoms with Crippen molar-refractivity contribution < 1.29 is 0 Å². The monoisotopic (exact) mass is 194 g/mol. The molecule has 0 aliphatic rings. The van der Waals surface area contributed by atoms with E-state index in [4.69, 9.17) is 0 Å². The Morgan fingerprint density at radius 2 is 1.86 bits per heavy atom. The summed E-state index contributed by atoms with van der Waals surface area (Å²) in [6.45, 7) is 7.62. The fourth-order valence-electron chi connectivity index (χ4n) is 1.94. The van der Waals surface area contributed by atoms with Crippen molar-refractivity contribution in [3.8, 4) is 0 Å². The first kappa shape index (κ1) is 11.3. The molecule has 0 bridgehead atoms. The maximum absolute atomic E-state index is 4.34. The van der Waals surface area contributed by atoms with Crippen LogP contribution in [0.25, 0.3) is 0 Å². The van der Waals surface area contributed by atoms with E-state index in [-0.39, 0.29) is 0 Å². The molecule has 0 aromatic carbocycles. The van der Waals surface area contributed by atoms with Crippen LogP contribution in [-0.2, 0) is 6.54 Å². The van der Waals surface area contributed by atoms with Crippen molar-refractivity contribution >= 4 is 0 Å². The van der Waals surface area contributed by atoms with E-state index in [1.54, 1.807) is 0 Å². The Morgan fingerprint density at radius 3 is 2.29 bits per heavy atom. The van der Waals surface area contributed by atoms with Gasteiger partial charge in [-0.2, -0.15) is 5.10 Å². The summed E-state index contributed by atoms with van der Waals surface area (Å²) >= 11 is 0. The molecule has 14 heavy (non-hydrogen) atoms. The highest BCUT2D eigenvalue weighted by molar-refractivity contribution is 5.11. The molecule has 2 nitrogen and oxygen atoms in total. The van der Waals surface area contributed by atoms with Gasteiger partial charge in [-0.25, -0.2) is 0 Å².